The topological polar surface area (TPSA) is 71.3 Å². The van der Waals surface area contributed by atoms with Crippen LogP contribution in [-0.4, -0.2) is 29.9 Å². The number of nitrogens with one attached hydrogen (secondary N) is 2. The Kier molecular flexibility index (Phi) is 7.21. The van der Waals surface area contributed by atoms with E-state index in [2.05, 4.69) is 10.6 Å². The Morgan fingerprint density at radius 1 is 1.29 bits per heavy atom. The molecule has 0 saturated heterocycles. The van der Waals surface area contributed by atoms with Crippen LogP contribution in [0.2, 0.25) is 5.02 Å². The molecule has 0 aliphatic carbocycles. The van der Waals surface area contributed by atoms with Gasteiger partial charge in [0.15, 0.2) is 0 Å². The van der Waals surface area contributed by atoms with Crippen molar-refractivity contribution in [1.29, 1.82) is 0 Å². The molecule has 0 bridgehead atoms. The summed E-state index contributed by atoms with van der Waals surface area (Å²) in [5.41, 5.74) is 1.22. The number of hydrogen-bond donors (Lipinski definition) is 2. The van der Waals surface area contributed by atoms with Gasteiger partial charge in [0, 0.05) is 12.1 Å². The number of carbonyl (C=O) groups is 2. The zero-order valence-corrected chi connectivity index (χ0v) is 14.8. The van der Waals surface area contributed by atoms with Gasteiger partial charge < -0.3 is 15.1 Å². The van der Waals surface area contributed by atoms with Gasteiger partial charge in [0.2, 0.25) is 5.91 Å². The van der Waals surface area contributed by atoms with E-state index >= 15 is 0 Å². The highest BCUT2D eigenvalue weighted by Crippen LogP contribution is 2.15. The molecule has 0 radical (unpaired) electrons. The van der Waals surface area contributed by atoms with Crippen LogP contribution in [0, 0.1) is 0 Å². The summed E-state index contributed by atoms with van der Waals surface area (Å²) < 4.78 is 4.97. The van der Waals surface area contributed by atoms with E-state index < -0.39 is 6.04 Å². The number of thioether (sulfide) groups is 1. The lowest BCUT2D eigenvalue weighted by Crippen LogP contribution is -2.46. The van der Waals surface area contributed by atoms with Gasteiger partial charge in [-0.15, -0.1) is 0 Å². The lowest BCUT2D eigenvalue weighted by molar-refractivity contribution is -0.123. The summed E-state index contributed by atoms with van der Waals surface area (Å²) in [5, 5.41) is 5.93. The third-order valence-electron chi connectivity index (χ3n) is 3.40. The van der Waals surface area contributed by atoms with Crippen LogP contribution >= 0.6 is 23.4 Å². The average Bonchev–Trinajstić information content (AvgIpc) is 3.10. The number of carbonyl (C=O) groups excluding carboxylic acids is 2. The normalized spacial score (nSPS) is 11.8. The SMILES string of the molecule is CSCC[C@H](NC(=O)c1ccccc1Cl)C(=O)NCc1ccoc1. The fraction of sp³-hybridized carbons (Fsp3) is 0.294. The quantitative estimate of drug-likeness (QED) is 0.753. The van der Waals surface area contributed by atoms with E-state index in [1.54, 1.807) is 54.6 Å². The Bertz CT molecular complexity index is 676. The molecular formula is C17H19ClN2O3S. The molecule has 7 heteroatoms. The van der Waals surface area contributed by atoms with Gasteiger partial charge in [0.1, 0.15) is 6.04 Å². The Labute approximate surface area is 150 Å². The molecule has 0 aliphatic heterocycles. The van der Waals surface area contributed by atoms with E-state index in [1.807, 2.05) is 6.26 Å². The third kappa shape index (κ3) is 5.32. The molecule has 0 aliphatic rings. The summed E-state index contributed by atoms with van der Waals surface area (Å²) >= 11 is 7.66. The lowest BCUT2D eigenvalue weighted by Gasteiger charge is -2.18. The molecule has 0 unspecified atom stereocenters. The number of furan rings is 1. The van der Waals surface area contributed by atoms with Crippen LogP contribution in [0.4, 0.5) is 0 Å². The van der Waals surface area contributed by atoms with Crippen LogP contribution in [0.1, 0.15) is 22.3 Å². The molecule has 1 aromatic heterocycles. The average molecular weight is 367 g/mol. The number of rotatable bonds is 8. The fourth-order valence-electron chi connectivity index (χ4n) is 2.09. The highest BCUT2D eigenvalue weighted by Gasteiger charge is 2.22. The summed E-state index contributed by atoms with van der Waals surface area (Å²) in [4.78, 5) is 24.8. The van der Waals surface area contributed by atoms with Crippen molar-refractivity contribution in [3.05, 3.63) is 59.0 Å². The number of benzene rings is 1. The lowest BCUT2D eigenvalue weighted by atomic mass is 10.1. The number of amides is 2. The fourth-order valence-corrected chi connectivity index (χ4v) is 2.78. The summed E-state index contributed by atoms with van der Waals surface area (Å²) in [6, 6.07) is 7.92. The van der Waals surface area contributed by atoms with Gasteiger partial charge >= 0.3 is 0 Å². The molecule has 1 aromatic carbocycles. The van der Waals surface area contributed by atoms with Crippen LogP contribution in [0.15, 0.2) is 47.3 Å². The van der Waals surface area contributed by atoms with E-state index in [1.165, 1.54) is 0 Å². The molecular weight excluding hydrogens is 348 g/mol. The third-order valence-corrected chi connectivity index (χ3v) is 4.37. The molecule has 128 valence electrons. The van der Waals surface area contributed by atoms with Crippen LogP contribution in [0.5, 0.6) is 0 Å². The summed E-state index contributed by atoms with van der Waals surface area (Å²) in [6.45, 7) is 0.354. The first kappa shape index (κ1) is 18.4. The van der Waals surface area contributed by atoms with E-state index in [-0.39, 0.29) is 11.8 Å². The van der Waals surface area contributed by atoms with Gasteiger partial charge in [0.25, 0.3) is 5.91 Å². The summed E-state index contributed by atoms with van der Waals surface area (Å²) in [6.07, 6.45) is 5.61. The van der Waals surface area contributed by atoms with Crippen molar-refractivity contribution in [2.45, 2.75) is 19.0 Å². The van der Waals surface area contributed by atoms with Crippen molar-refractivity contribution in [2.75, 3.05) is 12.0 Å². The zero-order valence-electron chi connectivity index (χ0n) is 13.3. The molecule has 0 fully saturated rings. The highest BCUT2D eigenvalue weighted by molar-refractivity contribution is 7.98. The zero-order chi connectivity index (χ0) is 17.4. The molecule has 1 heterocycles. The van der Waals surface area contributed by atoms with Gasteiger partial charge in [-0.2, -0.15) is 11.8 Å². The Hall–Kier alpha value is -1.92. The van der Waals surface area contributed by atoms with Gasteiger partial charge in [0.05, 0.1) is 23.1 Å². The maximum atomic E-state index is 12.4. The van der Waals surface area contributed by atoms with Crippen molar-refractivity contribution in [1.82, 2.24) is 10.6 Å². The van der Waals surface area contributed by atoms with Crippen LogP contribution in [0.25, 0.3) is 0 Å². The Morgan fingerprint density at radius 2 is 2.08 bits per heavy atom. The predicted octanol–water partition coefficient (Wildman–Crippen LogP) is 3.10. The Balaban J connectivity index is 2.00. The molecule has 24 heavy (non-hydrogen) atoms. The molecule has 0 saturated carbocycles. The van der Waals surface area contributed by atoms with Gasteiger partial charge in [-0.25, -0.2) is 0 Å². The Morgan fingerprint density at radius 3 is 2.75 bits per heavy atom. The van der Waals surface area contributed by atoms with Crippen LogP contribution < -0.4 is 10.6 Å². The minimum absolute atomic E-state index is 0.231. The van der Waals surface area contributed by atoms with Gasteiger partial charge in [-0.05, 0) is 36.6 Å². The largest absolute Gasteiger partial charge is 0.472 e. The van der Waals surface area contributed by atoms with E-state index in [4.69, 9.17) is 16.0 Å². The van der Waals surface area contributed by atoms with Crippen LogP contribution in [0.3, 0.4) is 0 Å². The van der Waals surface area contributed by atoms with Gasteiger partial charge in [-0.3, -0.25) is 9.59 Å². The molecule has 5 nitrogen and oxygen atoms in total. The second-order valence-electron chi connectivity index (χ2n) is 5.14. The van der Waals surface area contributed by atoms with E-state index in [9.17, 15) is 9.59 Å². The minimum Gasteiger partial charge on any atom is -0.472 e. The van der Waals surface area contributed by atoms with Crippen molar-refractivity contribution >= 4 is 35.2 Å². The van der Waals surface area contributed by atoms with Crippen molar-refractivity contribution < 1.29 is 14.0 Å². The van der Waals surface area contributed by atoms with Crippen molar-refractivity contribution in [3.63, 3.8) is 0 Å². The standard InChI is InChI=1S/C17H19ClN2O3S/c1-24-9-7-15(17(22)19-10-12-6-8-23-11-12)20-16(21)13-4-2-3-5-14(13)18/h2-6,8,11,15H,7,9-10H2,1H3,(H,19,22)(H,20,21)/t15-/m0/s1. The molecule has 2 aromatic rings. The molecule has 2 rings (SSSR count). The summed E-state index contributed by atoms with van der Waals surface area (Å²) in [7, 11) is 0. The molecule has 0 spiro atoms. The smallest absolute Gasteiger partial charge is 0.253 e. The van der Waals surface area contributed by atoms with E-state index in [0.29, 0.717) is 23.6 Å². The minimum atomic E-state index is -0.617. The number of halogens is 1. The monoisotopic (exact) mass is 366 g/mol. The summed E-state index contributed by atoms with van der Waals surface area (Å²) in [5.74, 6) is 0.169. The highest BCUT2D eigenvalue weighted by atomic mass is 35.5. The first-order chi connectivity index (χ1) is 11.6. The van der Waals surface area contributed by atoms with Gasteiger partial charge in [-0.1, -0.05) is 23.7 Å². The van der Waals surface area contributed by atoms with E-state index in [0.717, 1.165) is 11.3 Å². The molecule has 2 amide bonds. The predicted molar refractivity (Wildman–Crippen MR) is 96.3 cm³/mol. The van der Waals surface area contributed by atoms with Crippen molar-refractivity contribution in [3.8, 4) is 0 Å². The van der Waals surface area contributed by atoms with Crippen molar-refractivity contribution in [2.24, 2.45) is 0 Å². The second-order valence-corrected chi connectivity index (χ2v) is 6.53. The second kappa shape index (κ2) is 9.39. The maximum Gasteiger partial charge on any atom is 0.253 e. The first-order valence-corrected chi connectivity index (χ1v) is 9.22. The first-order valence-electron chi connectivity index (χ1n) is 7.45. The molecule has 1 atom stereocenters. The molecule has 2 N–H and O–H groups in total. The number of hydrogen-bond acceptors (Lipinski definition) is 4. The maximum absolute atomic E-state index is 12.4. The van der Waals surface area contributed by atoms with Crippen LogP contribution in [-0.2, 0) is 11.3 Å².